The van der Waals surface area contributed by atoms with E-state index in [1.54, 1.807) is 19.9 Å². The van der Waals surface area contributed by atoms with Crippen LogP contribution in [0.2, 0.25) is 0 Å². The third-order valence-corrected chi connectivity index (χ3v) is 3.42. The van der Waals surface area contributed by atoms with Gasteiger partial charge in [-0.2, -0.15) is 18.2 Å². The Balaban J connectivity index is 2.11. The Labute approximate surface area is 124 Å². The summed E-state index contributed by atoms with van der Waals surface area (Å²) in [7, 11) is 0. The van der Waals surface area contributed by atoms with E-state index < -0.39 is 30.4 Å². The number of nitrogens with zero attached hydrogens (tertiary/aromatic N) is 3. The van der Waals surface area contributed by atoms with Gasteiger partial charge in [0.2, 0.25) is 5.91 Å². The smallest absolute Gasteiger partial charge is 0.365 e. The van der Waals surface area contributed by atoms with Crippen LogP contribution in [0.5, 0.6) is 0 Å². The molecule has 2 rings (SSSR count). The van der Waals surface area contributed by atoms with Crippen molar-refractivity contribution in [1.82, 2.24) is 14.5 Å². The predicted octanol–water partition coefficient (Wildman–Crippen LogP) is 0.650. The first-order valence-corrected chi connectivity index (χ1v) is 6.69. The number of amides is 1. The van der Waals surface area contributed by atoms with Crippen molar-refractivity contribution in [3.63, 3.8) is 0 Å². The van der Waals surface area contributed by atoms with Crippen molar-refractivity contribution in [2.75, 3.05) is 19.7 Å². The monoisotopic (exact) mass is 319 g/mol. The number of alkyl halides is 3. The molecule has 1 fully saturated rings. The molecule has 0 saturated carbocycles. The molecule has 6 nitrogen and oxygen atoms in total. The summed E-state index contributed by atoms with van der Waals surface area (Å²) in [5, 5.41) is 0. The third-order valence-electron chi connectivity index (χ3n) is 3.42. The second kappa shape index (κ2) is 6.07. The molecule has 1 aliphatic rings. The molecule has 1 amide bonds. The summed E-state index contributed by atoms with van der Waals surface area (Å²) < 4.78 is 43.7. The molecular formula is C13H16F3N3O3. The van der Waals surface area contributed by atoms with E-state index in [4.69, 9.17) is 0 Å². The van der Waals surface area contributed by atoms with Crippen molar-refractivity contribution in [1.29, 1.82) is 0 Å². The SMILES string of the molecule is Cc1cc(C)n(CC(=O)N2CCO[C@H](C(F)(F)F)C2)c(=O)n1. The maximum absolute atomic E-state index is 12.6. The zero-order valence-electron chi connectivity index (χ0n) is 12.2. The summed E-state index contributed by atoms with van der Waals surface area (Å²) in [6.07, 6.45) is -6.50. The van der Waals surface area contributed by atoms with E-state index in [-0.39, 0.29) is 19.7 Å². The molecule has 1 atom stereocenters. The largest absolute Gasteiger partial charge is 0.416 e. The van der Waals surface area contributed by atoms with Gasteiger partial charge in [0.05, 0.1) is 13.2 Å². The van der Waals surface area contributed by atoms with Gasteiger partial charge < -0.3 is 9.64 Å². The minimum Gasteiger partial charge on any atom is -0.365 e. The molecule has 0 bridgehead atoms. The van der Waals surface area contributed by atoms with Crippen molar-refractivity contribution in [3.8, 4) is 0 Å². The standard InChI is InChI=1S/C13H16F3N3O3/c1-8-5-9(2)19(12(21)17-8)7-11(20)18-3-4-22-10(6-18)13(14,15)16/h5,10H,3-4,6-7H2,1-2H3/t10-/m0/s1. The van der Waals surface area contributed by atoms with Crippen molar-refractivity contribution in [2.45, 2.75) is 32.7 Å². The summed E-state index contributed by atoms with van der Waals surface area (Å²) in [4.78, 5) is 28.7. The van der Waals surface area contributed by atoms with Gasteiger partial charge >= 0.3 is 11.9 Å². The molecule has 22 heavy (non-hydrogen) atoms. The lowest BCUT2D eigenvalue weighted by Crippen LogP contribution is -2.52. The number of hydrogen-bond acceptors (Lipinski definition) is 4. The highest BCUT2D eigenvalue weighted by atomic mass is 19.4. The first kappa shape index (κ1) is 16.5. The van der Waals surface area contributed by atoms with Gasteiger partial charge in [-0.15, -0.1) is 0 Å². The number of aromatic nitrogens is 2. The molecule has 122 valence electrons. The highest BCUT2D eigenvalue weighted by molar-refractivity contribution is 5.76. The maximum Gasteiger partial charge on any atom is 0.416 e. The van der Waals surface area contributed by atoms with Gasteiger partial charge in [0.15, 0.2) is 6.10 Å². The Hall–Kier alpha value is -1.90. The van der Waals surface area contributed by atoms with Crippen molar-refractivity contribution in [2.24, 2.45) is 0 Å². The number of hydrogen-bond donors (Lipinski definition) is 0. The van der Waals surface area contributed by atoms with Gasteiger partial charge in [-0.05, 0) is 19.9 Å². The fourth-order valence-electron chi connectivity index (χ4n) is 2.28. The molecule has 9 heteroatoms. The average Bonchev–Trinajstić information content (AvgIpc) is 2.41. The van der Waals surface area contributed by atoms with Crippen molar-refractivity contribution >= 4 is 5.91 Å². The minimum absolute atomic E-state index is 0.0680. The molecule has 0 unspecified atom stereocenters. The van der Waals surface area contributed by atoms with E-state index in [0.29, 0.717) is 11.4 Å². The van der Waals surface area contributed by atoms with Gasteiger partial charge in [0.1, 0.15) is 6.54 Å². The summed E-state index contributed by atoms with van der Waals surface area (Å²) in [6, 6.07) is 1.63. The van der Waals surface area contributed by atoms with Crippen LogP contribution in [0.25, 0.3) is 0 Å². The van der Waals surface area contributed by atoms with Crippen molar-refractivity contribution < 1.29 is 22.7 Å². The van der Waals surface area contributed by atoms with Crippen LogP contribution in [0.1, 0.15) is 11.4 Å². The number of carbonyl (C=O) groups excluding carboxylic acids is 1. The lowest BCUT2D eigenvalue weighted by molar-refractivity contribution is -0.236. The second-order valence-corrected chi connectivity index (χ2v) is 5.15. The third kappa shape index (κ3) is 3.65. The van der Waals surface area contributed by atoms with E-state index >= 15 is 0 Å². The minimum atomic E-state index is -4.52. The molecule has 1 aliphatic heterocycles. The lowest BCUT2D eigenvalue weighted by Gasteiger charge is -2.34. The normalized spacial score (nSPS) is 19.3. The number of morpholine rings is 1. The van der Waals surface area contributed by atoms with E-state index in [1.807, 2.05) is 0 Å². The summed E-state index contributed by atoms with van der Waals surface area (Å²) in [5.41, 5.74) is 0.465. The molecule has 1 saturated heterocycles. The van der Waals surface area contributed by atoms with E-state index in [2.05, 4.69) is 9.72 Å². The first-order chi connectivity index (χ1) is 10.2. The summed E-state index contributed by atoms with van der Waals surface area (Å²) in [5.74, 6) is -0.562. The van der Waals surface area contributed by atoms with Crippen LogP contribution in [0.15, 0.2) is 10.9 Å². The van der Waals surface area contributed by atoms with Gasteiger partial charge in [-0.1, -0.05) is 0 Å². The zero-order chi connectivity index (χ0) is 16.5. The van der Waals surface area contributed by atoms with Crippen LogP contribution in [-0.2, 0) is 16.1 Å². The molecule has 1 aromatic rings. The average molecular weight is 319 g/mol. The second-order valence-electron chi connectivity index (χ2n) is 5.15. The van der Waals surface area contributed by atoms with Crippen molar-refractivity contribution in [3.05, 3.63) is 27.9 Å². The topological polar surface area (TPSA) is 64.4 Å². The molecule has 2 heterocycles. The van der Waals surface area contributed by atoms with Gasteiger partial charge in [0, 0.05) is 17.9 Å². The summed E-state index contributed by atoms with van der Waals surface area (Å²) >= 11 is 0. The Morgan fingerprint density at radius 3 is 2.73 bits per heavy atom. The van der Waals surface area contributed by atoms with Crippen LogP contribution in [0.3, 0.4) is 0 Å². The molecule has 0 N–H and O–H groups in total. The highest BCUT2D eigenvalue weighted by Crippen LogP contribution is 2.25. The highest BCUT2D eigenvalue weighted by Gasteiger charge is 2.44. The number of carbonyl (C=O) groups is 1. The molecule has 0 aliphatic carbocycles. The number of aryl methyl sites for hydroxylation is 2. The Morgan fingerprint density at radius 2 is 2.14 bits per heavy atom. The molecule has 0 aromatic carbocycles. The molecule has 0 spiro atoms. The van der Waals surface area contributed by atoms with Crippen LogP contribution in [0, 0.1) is 13.8 Å². The predicted molar refractivity (Wildman–Crippen MR) is 70.3 cm³/mol. The van der Waals surface area contributed by atoms with Crippen LogP contribution in [-0.4, -0.2) is 52.3 Å². The zero-order valence-corrected chi connectivity index (χ0v) is 12.2. The number of rotatable bonds is 2. The first-order valence-electron chi connectivity index (χ1n) is 6.69. The van der Waals surface area contributed by atoms with Crippen LogP contribution >= 0.6 is 0 Å². The number of ether oxygens (including phenoxy) is 1. The molecule has 0 radical (unpaired) electrons. The van der Waals surface area contributed by atoms with Crippen LogP contribution in [0.4, 0.5) is 13.2 Å². The van der Waals surface area contributed by atoms with E-state index in [0.717, 1.165) is 9.47 Å². The fourth-order valence-corrected chi connectivity index (χ4v) is 2.28. The lowest BCUT2D eigenvalue weighted by atomic mass is 10.2. The summed E-state index contributed by atoms with van der Waals surface area (Å²) in [6.45, 7) is 2.28. The Morgan fingerprint density at radius 1 is 1.45 bits per heavy atom. The number of halogens is 3. The van der Waals surface area contributed by atoms with Gasteiger partial charge in [-0.3, -0.25) is 9.36 Å². The fraction of sp³-hybridized carbons (Fsp3) is 0.615. The molecular weight excluding hydrogens is 303 g/mol. The molecule has 1 aromatic heterocycles. The Bertz CT molecular complexity index is 627. The van der Waals surface area contributed by atoms with Gasteiger partial charge in [0.25, 0.3) is 0 Å². The van der Waals surface area contributed by atoms with E-state index in [1.165, 1.54) is 0 Å². The van der Waals surface area contributed by atoms with Crippen LogP contribution < -0.4 is 5.69 Å². The maximum atomic E-state index is 12.6. The Kier molecular flexibility index (Phi) is 4.55. The van der Waals surface area contributed by atoms with E-state index in [9.17, 15) is 22.8 Å². The van der Waals surface area contributed by atoms with Gasteiger partial charge in [-0.25, -0.2) is 4.79 Å². The quantitative estimate of drug-likeness (QED) is 0.803.